The number of hydrogen-bond acceptors (Lipinski definition) is 2. The third kappa shape index (κ3) is 3.42. The van der Waals surface area contributed by atoms with Crippen molar-refractivity contribution >= 4 is 29.1 Å². The standard InChI is InChI=1S/C17H22Cl2N2O/c1-20-9-11-3-2-6-21(10-11)17(22)15-8-14(15)13-5-4-12(18)7-16(13)19/h4-5,7,11,14-15,20H,2-3,6,8-10H2,1H3. The van der Waals surface area contributed by atoms with E-state index in [1.165, 1.54) is 6.42 Å². The molecule has 1 aromatic rings. The second kappa shape index (κ2) is 6.77. The molecule has 120 valence electrons. The van der Waals surface area contributed by atoms with E-state index in [4.69, 9.17) is 23.2 Å². The van der Waals surface area contributed by atoms with Crippen molar-refractivity contribution in [3.63, 3.8) is 0 Å². The Labute approximate surface area is 142 Å². The Balaban J connectivity index is 1.62. The van der Waals surface area contributed by atoms with Crippen LogP contribution < -0.4 is 5.32 Å². The summed E-state index contributed by atoms with van der Waals surface area (Å²) in [6.07, 6.45) is 3.23. The Kier molecular flexibility index (Phi) is 4.96. The van der Waals surface area contributed by atoms with Gasteiger partial charge in [0.05, 0.1) is 0 Å². The molecule has 3 atom stereocenters. The van der Waals surface area contributed by atoms with Crippen molar-refractivity contribution in [3.8, 4) is 0 Å². The van der Waals surface area contributed by atoms with E-state index in [-0.39, 0.29) is 11.8 Å². The zero-order valence-corrected chi connectivity index (χ0v) is 14.3. The molecule has 3 unspecified atom stereocenters. The van der Waals surface area contributed by atoms with Crippen molar-refractivity contribution in [2.45, 2.75) is 25.2 Å². The number of carbonyl (C=O) groups excluding carboxylic acids is 1. The Morgan fingerprint density at radius 3 is 2.95 bits per heavy atom. The molecule has 3 rings (SSSR count). The van der Waals surface area contributed by atoms with Crippen molar-refractivity contribution in [3.05, 3.63) is 33.8 Å². The summed E-state index contributed by atoms with van der Waals surface area (Å²) in [6, 6.07) is 5.58. The van der Waals surface area contributed by atoms with Gasteiger partial charge in [0.15, 0.2) is 0 Å². The van der Waals surface area contributed by atoms with Crippen LogP contribution >= 0.6 is 23.2 Å². The summed E-state index contributed by atoms with van der Waals surface area (Å²) in [5, 5.41) is 4.54. The Bertz CT molecular complexity index is 562. The molecule has 1 aliphatic heterocycles. The summed E-state index contributed by atoms with van der Waals surface area (Å²) in [4.78, 5) is 14.8. The van der Waals surface area contributed by atoms with Crippen molar-refractivity contribution < 1.29 is 4.79 Å². The van der Waals surface area contributed by atoms with Crippen molar-refractivity contribution in [1.29, 1.82) is 0 Å². The molecule has 2 aliphatic rings. The van der Waals surface area contributed by atoms with E-state index in [1.54, 1.807) is 6.07 Å². The van der Waals surface area contributed by atoms with E-state index >= 15 is 0 Å². The van der Waals surface area contributed by atoms with Gasteiger partial charge < -0.3 is 10.2 Å². The van der Waals surface area contributed by atoms with Crippen molar-refractivity contribution in [1.82, 2.24) is 10.2 Å². The first-order valence-corrected chi connectivity index (χ1v) is 8.74. The highest BCUT2D eigenvalue weighted by atomic mass is 35.5. The summed E-state index contributed by atoms with van der Waals surface area (Å²) in [6.45, 7) is 2.77. The minimum Gasteiger partial charge on any atom is -0.342 e. The maximum absolute atomic E-state index is 12.7. The van der Waals surface area contributed by atoms with Gasteiger partial charge in [-0.05, 0) is 62.4 Å². The molecule has 0 radical (unpaired) electrons. The first-order valence-electron chi connectivity index (χ1n) is 7.98. The van der Waals surface area contributed by atoms with Gasteiger partial charge in [0.1, 0.15) is 0 Å². The number of piperidine rings is 1. The number of rotatable bonds is 4. The normalized spacial score (nSPS) is 27.8. The topological polar surface area (TPSA) is 32.3 Å². The highest BCUT2D eigenvalue weighted by Gasteiger charge is 2.47. The van der Waals surface area contributed by atoms with Crippen LogP contribution in [-0.4, -0.2) is 37.5 Å². The minimum atomic E-state index is 0.104. The van der Waals surface area contributed by atoms with Crippen LogP contribution in [0.3, 0.4) is 0 Å². The van der Waals surface area contributed by atoms with Crippen LogP contribution in [0.15, 0.2) is 18.2 Å². The van der Waals surface area contributed by atoms with Crippen LogP contribution in [0.4, 0.5) is 0 Å². The molecule has 1 N–H and O–H groups in total. The lowest BCUT2D eigenvalue weighted by Crippen LogP contribution is -2.43. The van der Waals surface area contributed by atoms with Gasteiger partial charge >= 0.3 is 0 Å². The SMILES string of the molecule is CNCC1CCCN(C(=O)C2CC2c2ccc(Cl)cc2Cl)C1. The van der Waals surface area contributed by atoms with Gasteiger partial charge in [-0.3, -0.25) is 4.79 Å². The molecule has 1 saturated heterocycles. The van der Waals surface area contributed by atoms with Crippen molar-refractivity contribution in [2.75, 3.05) is 26.7 Å². The van der Waals surface area contributed by atoms with Gasteiger partial charge in [-0.1, -0.05) is 29.3 Å². The Morgan fingerprint density at radius 2 is 2.23 bits per heavy atom. The molecule has 1 aromatic carbocycles. The maximum atomic E-state index is 12.7. The van der Waals surface area contributed by atoms with Crippen molar-refractivity contribution in [2.24, 2.45) is 11.8 Å². The van der Waals surface area contributed by atoms with E-state index in [9.17, 15) is 4.79 Å². The molecule has 22 heavy (non-hydrogen) atoms. The van der Waals surface area contributed by atoms with Gasteiger partial charge in [-0.15, -0.1) is 0 Å². The lowest BCUT2D eigenvalue weighted by atomic mass is 9.97. The lowest BCUT2D eigenvalue weighted by molar-refractivity contribution is -0.134. The summed E-state index contributed by atoms with van der Waals surface area (Å²) in [5.41, 5.74) is 1.06. The zero-order chi connectivity index (χ0) is 15.7. The number of hydrogen-bond donors (Lipinski definition) is 1. The fraction of sp³-hybridized carbons (Fsp3) is 0.588. The summed E-state index contributed by atoms with van der Waals surface area (Å²) in [7, 11) is 1.97. The van der Waals surface area contributed by atoms with Crippen LogP contribution in [0.25, 0.3) is 0 Å². The monoisotopic (exact) mass is 340 g/mol. The molecule has 0 aromatic heterocycles. The molecule has 1 saturated carbocycles. The average molecular weight is 341 g/mol. The molecule has 1 heterocycles. The van der Waals surface area contributed by atoms with E-state index < -0.39 is 0 Å². The van der Waals surface area contributed by atoms with Gasteiger partial charge in [0.2, 0.25) is 5.91 Å². The quantitative estimate of drug-likeness (QED) is 0.908. The van der Waals surface area contributed by atoms with E-state index in [0.29, 0.717) is 21.9 Å². The molecule has 0 spiro atoms. The summed E-state index contributed by atoms with van der Waals surface area (Å²) < 4.78 is 0. The van der Waals surface area contributed by atoms with Crippen LogP contribution in [0.5, 0.6) is 0 Å². The number of halogens is 2. The fourth-order valence-corrected chi connectivity index (χ4v) is 4.12. The number of nitrogens with one attached hydrogen (secondary N) is 1. The second-order valence-corrected chi connectivity index (χ2v) is 7.31. The van der Waals surface area contributed by atoms with E-state index in [2.05, 4.69) is 10.2 Å². The molecule has 1 amide bonds. The third-order valence-corrected chi connectivity index (χ3v) is 5.36. The van der Waals surface area contributed by atoms with Gasteiger partial charge in [0.25, 0.3) is 0 Å². The first-order chi connectivity index (χ1) is 10.6. The first kappa shape index (κ1) is 16.1. The van der Waals surface area contributed by atoms with Gasteiger partial charge in [-0.2, -0.15) is 0 Å². The molecular weight excluding hydrogens is 319 g/mol. The fourth-order valence-electron chi connectivity index (χ4n) is 3.57. The second-order valence-electron chi connectivity index (χ2n) is 6.46. The third-order valence-electron chi connectivity index (χ3n) is 4.79. The molecule has 5 heteroatoms. The number of carbonyl (C=O) groups is 1. The smallest absolute Gasteiger partial charge is 0.226 e. The van der Waals surface area contributed by atoms with Crippen LogP contribution in [0, 0.1) is 11.8 Å². The van der Waals surface area contributed by atoms with Gasteiger partial charge in [0, 0.05) is 29.1 Å². The Morgan fingerprint density at radius 1 is 1.41 bits per heavy atom. The maximum Gasteiger partial charge on any atom is 0.226 e. The largest absolute Gasteiger partial charge is 0.342 e. The van der Waals surface area contributed by atoms with Gasteiger partial charge in [-0.25, -0.2) is 0 Å². The molecule has 0 bridgehead atoms. The predicted octanol–water partition coefficient (Wildman–Crippen LogP) is 3.55. The molecule has 2 fully saturated rings. The zero-order valence-electron chi connectivity index (χ0n) is 12.8. The lowest BCUT2D eigenvalue weighted by Gasteiger charge is -2.33. The number of amides is 1. The van der Waals surface area contributed by atoms with Crippen LogP contribution in [0.2, 0.25) is 10.0 Å². The van der Waals surface area contributed by atoms with Crippen LogP contribution in [0.1, 0.15) is 30.7 Å². The highest BCUT2D eigenvalue weighted by Crippen LogP contribution is 2.51. The minimum absolute atomic E-state index is 0.104. The number of benzene rings is 1. The predicted molar refractivity (Wildman–Crippen MR) is 90.5 cm³/mol. The van der Waals surface area contributed by atoms with Crippen LogP contribution in [-0.2, 0) is 4.79 Å². The average Bonchev–Trinajstić information content (AvgIpc) is 3.27. The molecular formula is C17H22Cl2N2O. The molecule has 3 nitrogen and oxygen atoms in total. The van der Waals surface area contributed by atoms with E-state index in [1.807, 2.05) is 19.2 Å². The highest BCUT2D eigenvalue weighted by molar-refractivity contribution is 6.35. The Hall–Kier alpha value is -0.770. The molecule has 1 aliphatic carbocycles. The summed E-state index contributed by atoms with van der Waals surface area (Å²) >= 11 is 12.2. The number of likely N-dealkylation sites (tertiary alicyclic amines) is 1. The number of nitrogens with zero attached hydrogens (tertiary/aromatic N) is 1. The summed E-state index contributed by atoms with van der Waals surface area (Å²) in [5.74, 6) is 1.25. The van der Waals surface area contributed by atoms with E-state index in [0.717, 1.165) is 38.0 Å².